The van der Waals surface area contributed by atoms with E-state index >= 15 is 0 Å². The summed E-state index contributed by atoms with van der Waals surface area (Å²) in [7, 11) is 0. The molecule has 0 aromatic rings. The third kappa shape index (κ3) is 2.13. The summed E-state index contributed by atoms with van der Waals surface area (Å²) in [6.07, 6.45) is 5.05. The second-order valence-corrected chi connectivity index (χ2v) is 4.22. The average Bonchev–Trinajstić information content (AvgIpc) is 2.65. The van der Waals surface area contributed by atoms with E-state index in [1.807, 2.05) is 0 Å². The Balaban J connectivity index is 2.29. The molecule has 5 heteroatoms. The Morgan fingerprint density at radius 1 is 1.18 bits per heavy atom. The van der Waals surface area contributed by atoms with Crippen LogP contribution in [0.4, 0.5) is 4.79 Å². The second kappa shape index (κ2) is 4.53. The third-order valence-electron chi connectivity index (χ3n) is 3.12. The van der Waals surface area contributed by atoms with E-state index in [1.165, 1.54) is 0 Å². The molecule has 5 nitrogen and oxygen atoms in total. The molecule has 0 bridgehead atoms. The Hall–Kier alpha value is -1.91. The summed E-state index contributed by atoms with van der Waals surface area (Å²) in [5.41, 5.74) is 1.96. The SMILES string of the molecule is C=CCC1=C(C2C(=O)NC(=O)NC2=O)CCC1. The maximum Gasteiger partial charge on any atom is 0.328 e. The highest BCUT2D eigenvalue weighted by molar-refractivity contribution is 6.17. The van der Waals surface area contributed by atoms with Gasteiger partial charge in [-0.05, 0) is 31.3 Å². The Morgan fingerprint density at radius 2 is 1.82 bits per heavy atom. The summed E-state index contributed by atoms with van der Waals surface area (Å²) in [6.45, 7) is 3.66. The van der Waals surface area contributed by atoms with Crippen molar-refractivity contribution in [3.8, 4) is 0 Å². The zero-order valence-corrected chi connectivity index (χ0v) is 9.41. The molecule has 4 amide bonds. The molecule has 0 spiro atoms. The van der Waals surface area contributed by atoms with Crippen molar-refractivity contribution in [2.45, 2.75) is 25.7 Å². The largest absolute Gasteiger partial charge is 0.328 e. The molecule has 2 rings (SSSR count). The van der Waals surface area contributed by atoms with Crippen molar-refractivity contribution >= 4 is 17.8 Å². The van der Waals surface area contributed by atoms with Crippen molar-refractivity contribution < 1.29 is 14.4 Å². The number of urea groups is 1. The number of barbiturate groups is 1. The normalized spacial score (nSPS) is 21.5. The van der Waals surface area contributed by atoms with Crippen LogP contribution in [0.5, 0.6) is 0 Å². The molecule has 1 fully saturated rings. The lowest BCUT2D eigenvalue weighted by molar-refractivity contribution is -0.134. The zero-order chi connectivity index (χ0) is 12.4. The number of carbonyl (C=O) groups excluding carboxylic acids is 3. The zero-order valence-electron chi connectivity index (χ0n) is 9.41. The third-order valence-corrected chi connectivity index (χ3v) is 3.12. The Kier molecular flexibility index (Phi) is 3.08. The lowest BCUT2D eigenvalue weighted by Crippen LogP contribution is -2.56. The highest BCUT2D eigenvalue weighted by atomic mass is 16.2. The number of carbonyl (C=O) groups is 3. The Morgan fingerprint density at radius 3 is 2.41 bits per heavy atom. The van der Waals surface area contributed by atoms with Crippen molar-refractivity contribution in [3.63, 3.8) is 0 Å². The first-order valence-corrected chi connectivity index (χ1v) is 5.61. The molecular formula is C12H14N2O3. The van der Waals surface area contributed by atoms with Crippen LogP contribution in [0, 0.1) is 5.92 Å². The van der Waals surface area contributed by atoms with Crippen LogP contribution in [-0.4, -0.2) is 17.8 Å². The molecule has 1 saturated heterocycles. The van der Waals surface area contributed by atoms with Gasteiger partial charge in [0.2, 0.25) is 11.8 Å². The van der Waals surface area contributed by atoms with E-state index in [9.17, 15) is 14.4 Å². The highest BCUT2D eigenvalue weighted by Gasteiger charge is 2.38. The number of imide groups is 2. The van der Waals surface area contributed by atoms with Crippen LogP contribution < -0.4 is 10.6 Å². The molecule has 1 heterocycles. The van der Waals surface area contributed by atoms with Gasteiger partial charge < -0.3 is 0 Å². The molecule has 0 aromatic carbocycles. The number of amides is 4. The van der Waals surface area contributed by atoms with Gasteiger partial charge in [0, 0.05) is 0 Å². The minimum atomic E-state index is -0.842. The molecule has 1 aliphatic heterocycles. The van der Waals surface area contributed by atoms with Crippen molar-refractivity contribution in [2.75, 3.05) is 0 Å². The second-order valence-electron chi connectivity index (χ2n) is 4.22. The van der Waals surface area contributed by atoms with E-state index in [4.69, 9.17) is 0 Å². The van der Waals surface area contributed by atoms with Gasteiger partial charge in [0.25, 0.3) is 0 Å². The van der Waals surface area contributed by atoms with E-state index in [0.29, 0.717) is 6.42 Å². The fraction of sp³-hybridized carbons (Fsp3) is 0.417. The maximum atomic E-state index is 11.7. The molecular weight excluding hydrogens is 220 g/mol. The number of allylic oxidation sites excluding steroid dienone is 2. The van der Waals surface area contributed by atoms with Crippen molar-refractivity contribution in [1.82, 2.24) is 10.6 Å². The van der Waals surface area contributed by atoms with Crippen LogP contribution in [-0.2, 0) is 9.59 Å². The number of hydrogen-bond donors (Lipinski definition) is 2. The minimum absolute atomic E-state index is 0.516. The molecule has 0 atom stereocenters. The van der Waals surface area contributed by atoms with Gasteiger partial charge in [-0.2, -0.15) is 0 Å². The van der Waals surface area contributed by atoms with Crippen LogP contribution in [0.1, 0.15) is 25.7 Å². The average molecular weight is 234 g/mol. The monoisotopic (exact) mass is 234 g/mol. The maximum absolute atomic E-state index is 11.7. The molecule has 0 saturated carbocycles. The first-order chi connectivity index (χ1) is 8.13. The summed E-state index contributed by atoms with van der Waals surface area (Å²) >= 11 is 0. The highest BCUT2D eigenvalue weighted by Crippen LogP contribution is 2.34. The minimum Gasteiger partial charge on any atom is -0.277 e. The number of nitrogens with one attached hydrogen (secondary N) is 2. The molecule has 0 aromatic heterocycles. The van der Waals surface area contributed by atoms with Gasteiger partial charge in [-0.3, -0.25) is 20.2 Å². The molecule has 90 valence electrons. The van der Waals surface area contributed by atoms with Crippen molar-refractivity contribution in [1.29, 1.82) is 0 Å². The standard InChI is InChI=1S/C12H14N2O3/c1-2-4-7-5-3-6-8(7)9-10(15)13-12(17)14-11(9)16/h2,9H,1,3-6H2,(H2,13,14,15,16,17). The fourth-order valence-electron chi connectivity index (χ4n) is 2.42. The van der Waals surface area contributed by atoms with Crippen LogP contribution in [0.2, 0.25) is 0 Å². The van der Waals surface area contributed by atoms with Gasteiger partial charge in [-0.15, -0.1) is 6.58 Å². The van der Waals surface area contributed by atoms with E-state index < -0.39 is 23.8 Å². The number of hydrogen-bond acceptors (Lipinski definition) is 3. The van der Waals surface area contributed by atoms with E-state index in [-0.39, 0.29) is 0 Å². The van der Waals surface area contributed by atoms with Gasteiger partial charge >= 0.3 is 6.03 Å². The van der Waals surface area contributed by atoms with Gasteiger partial charge in [0.05, 0.1) is 0 Å². The summed E-state index contributed by atoms with van der Waals surface area (Å²) in [5.74, 6) is -1.88. The van der Waals surface area contributed by atoms with Gasteiger partial charge in [-0.25, -0.2) is 4.79 Å². The predicted octanol–water partition coefficient (Wildman–Crippen LogP) is 1.03. The van der Waals surface area contributed by atoms with Crippen LogP contribution in [0.15, 0.2) is 23.8 Å². The smallest absolute Gasteiger partial charge is 0.277 e. The molecule has 2 aliphatic rings. The van der Waals surface area contributed by atoms with Crippen LogP contribution in [0.3, 0.4) is 0 Å². The lowest BCUT2D eigenvalue weighted by Gasteiger charge is -2.22. The Bertz CT molecular complexity index is 417. The first kappa shape index (κ1) is 11.6. The molecule has 0 unspecified atom stereocenters. The number of rotatable bonds is 3. The van der Waals surface area contributed by atoms with Gasteiger partial charge in [0.1, 0.15) is 5.92 Å². The van der Waals surface area contributed by atoms with E-state index in [1.54, 1.807) is 6.08 Å². The van der Waals surface area contributed by atoms with Crippen molar-refractivity contribution in [2.24, 2.45) is 5.92 Å². The molecule has 0 radical (unpaired) electrons. The molecule has 1 aliphatic carbocycles. The first-order valence-electron chi connectivity index (χ1n) is 5.61. The van der Waals surface area contributed by atoms with E-state index in [0.717, 1.165) is 30.4 Å². The topological polar surface area (TPSA) is 75.3 Å². The van der Waals surface area contributed by atoms with Crippen molar-refractivity contribution in [3.05, 3.63) is 23.8 Å². The van der Waals surface area contributed by atoms with Gasteiger partial charge in [0.15, 0.2) is 0 Å². The summed E-state index contributed by atoms with van der Waals surface area (Å²) in [5, 5.41) is 4.26. The van der Waals surface area contributed by atoms with E-state index in [2.05, 4.69) is 17.2 Å². The molecule has 17 heavy (non-hydrogen) atoms. The van der Waals surface area contributed by atoms with Crippen LogP contribution in [0.25, 0.3) is 0 Å². The predicted molar refractivity (Wildman–Crippen MR) is 60.9 cm³/mol. The molecule has 2 N–H and O–H groups in total. The van der Waals surface area contributed by atoms with Gasteiger partial charge in [-0.1, -0.05) is 11.6 Å². The summed E-state index contributed by atoms with van der Waals surface area (Å²) in [6, 6.07) is -0.736. The van der Waals surface area contributed by atoms with Crippen LogP contribution >= 0.6 is 0 Å². The lowest BCUT2D eigenvalue weighted by atomic mass is 9.91. The quantitative estimate of drug-likeness (QED) is 0.565. The summed E-state index contributed by atoms with van der Waals surface area (Å²) in [4.78, 5) is 34.4. The summed E-state index contributed by atoms with van der Waals surface area (Å²) < 4.78 is 0. The fourth-order valence-corrected chi connectivity index (χ4v) is 2.42. The Labute approximate surface area is 98.9 Å².